The number of carbonyl (C=O) groups excluding carboxylic acids is 2. The molecule has 0 aliphatic rings. The Bertz CT molecular complexity index is 1130. The summed E-state index contributed by atoms with van der Waals surface area (Å²) in [6.07, 6.45) is 1.43. The van der Waals surface area contributed by atoms with Crippen LogP contribution in [0.4, 0.5) is 11.5 Å². The van der Waals surface area contributed by atoms with Gasteiger partial charge in [-0.3, -0.25) is 14.7 Å². The summed E-state index contributed by atoms with van der Waals surface area (Å²) in [5.41, 5.74) is 1.73. The Labute approximate surface area is 164 Å². The number of H-pyrrole nitrogens is 1. The van der Waals surface area contributed by atoms with Crippen LogP contribution in [-0.4, -0.2) is 22.0 Å². The summed E-state index contributed by atoms with van der Waals surface area (Å²) in [5, 5.41) is 12.5. The molecular weight excluding hydrogens is 376 g/mol. The zero-order valence-corrected chi connectivity index (χ0v) is 15.7. The van der Waals surface area contributed by atoms with Gasteiger partial charge >= 0.3 is 0 Å². The van der Waals surface area contributed by atoms with Crippen LogP contribution in [0.5, 0.6) is 0 Å². The molecule has 0 aliphatic carbocycles. The lowest BCUT2D eigenvalue weighted by atomic mass is 10.2. The second kappa shape index (κ2) is 7.53. The van der Waals surface area contributed by atoms with Crippen molar-refractivity contribution in [1.82, 2.24) is 10.2 Å². The number of amides is 2. The third-order valence-electron chi connectivity index (χ3n) is 3.95. The SMILES string of the molecule is Cc1ccc(-c2cc(NC(=O)c3cccc(NC(=O)c4ccco4)c3)n[nH]2)s1. The molecule has 2 amide bonds. The Hall–Kier alpha value is -3.65. The number of aromatic amines is 1. The standard InChI is InChI=1S/C20H16N4O3S/c1-12-7-8-17(28-12)15-11-18(24-23-15)22-19(25)13-4-2-5-14(10-13)21-20(26)16-6-3-9-27-16/h2-11H,1H3,(H,21,26)(H2,22,23,24,25). The molecule has 1 aromatic carbocycles. The van der Waals surface area contributed by atoms with E-state index < -0.39 is 0 Å². The van der Waals surface area contributed by atoms with Crippen molar-refractivity contribution >= 4 is 34.7 Å². The van der Waals surface area contributed by atoms with Crippen molar-refractivity contribution in [3.05, 3.63) is 77.1 Å². The topological polar surface area (TPSA) is 100 Å². The number of nitrogens with one attached hydrogen (secondary N) is 3. The van der Waals surface area contributed by atoms with Crippen LogP contribution in [0.25, 0.3) is 10.6 Å². The molecule has 0 saturated carbocycles. The molecule has 4 rings (SSSR count). The van der Waals surface area contributed by atoms with E-state index >= 15 is 0 Å². The van der Waals surface area contributed by atoms with E-state index in [1.165, 1.54) is 11.1 Å². The monoisotopic (exact) mass is 392 g/mol. The van der Waals surface area contributed by atoms with Crippen molar-refractivity contribution in [3.8, 4) is 10.6 Å². The highest BCUT2D eigenvalue weighted by Crippen LogP contribution is 2.27. The molecule has 0 bridgehead atoms. The van der Waals surface area contributed by atoms with E-state index in [-0.39, 0.29) is 17.6 Å². The first kappa shape index (κ1) is 17.7. The Kier molecular flexibility index (Phi) is 4.77. The lowest BCUT2D eigenvalue weighted by Crippen LogP contribution is -2.14. The average Bonchev–Trinajstić information content (AvgIpc) is 3.43. The average molecular weight is 392 g/mol. The van der Waals surface area contributed by atoms with Crippen molar-refractivity contribution in [3.63, 3.8) is 0 Å². The van der Waals surface area contributed by atoms with Crippen LogP contribution in [0.1, 0.15) is 25.8 Å². The van der Waals surface area contributed by atoms with Gasteiger partial charge in [0.05, 0.1) is 16.8 Å². The predicted octanol–water partition coefficient (Wildman–Crippen LogP) is 4.54. The summed E-state index contributed by atoms with van der Waals surface area (Å²) in [5.74, 6) is -0.0842. The van der Waals surface area contributed by atoms with Gasteiger partial charge in [0.25, 0.3) is 11.8 Å². The van der Waals surface area contributed by atoms with E-state index in [1.54, 1.807) is 53.8 Å². The van der Waals surface area contributed by atoms with Gasteiger partial charge in [0.1, 0.15) is 0 Å². The molecular formula is C20H16N4O3S. The fourth-order valence-electron chi connectivity index (χ4n) is 2.62. The first-order valence-corrected chi connectivity index (χ1v) is 9.28. The summed E-state index contributed by atoms with van der Waals surface area (Å²) >= 11 is 1.64. The highest BCUT2D eigenvalue weighted by molar-refractivity contribution is 7.15. The zero-order valence-electron chi connectivity index (χ0n) is 14.9. The molecule has 0 atom stereocenters. The normalized spacial score (nSPS) is 10.6. The summed E-state index contributed by atoms with van der Waals surface area (Å²) in [6.45, 7) is 2.03. The van der Waals surface area contributed by atoms with Gasteiger partial charge < -0.3 is 15.1 Å². The largest absolute Gasteiger partial charge is 0.459 e. The van der Waals surface area contributed by atoms with Crippen molar-refractivity contribution in [2.45, 2.75) is 6.92 Å². The zero-order chi connectivity index (χ0) is 19.5. The number of anilines is 2. The van der Waals surface area contributed by atoms with Crippen molar-refractivity contribution in [2.75, 3.05) is 10.6 Å². The first-order valence-electron chi connectivity index (χ1n) is 8.47. The number of hydrogen-bond acceptors (Lipinski definition) is 5. The molecule has 0 aliphatic heterocycles. The summed E-state index contributed by atoms with van der Waals surface area (Å²) < 4.78 is 5.06. The van der Waals surface area contributed by atoms with Crippen LogP contribution in [0.15, 0.2) is 65.3 Å². The van der Waals surface area contributed by atoms with Gasteiger partial charge in [-0.15, -0.1) is 11.3 Å². The van der Waals surface area contributed by atoms with Gasteiger partial charge in [-0.25, -0.2) is 0 Å². The third-order valence-corrected chi connectivity index (χ3v) is 4.99. The van der Waals surface area contributed by atoms with Crippen molar-refractivity contribution in [1.29, 1.82) is 0 Å². The van der Waals surface area contributed by atoms with Crippen LogP contribution < -0.4 is 10.6 Å². The molecule has 0 saturated heterocycles. The summed E-state index contributed by atoms with van der Waals surface area (Å²) in [6, 6.07) is 15.7. The van der Waals surface area contributed by atoms with Crippen LogP contribution in [0.2, 0.25) is 0 Å². The minimum absolute atomic E-state index is 0.197. The molecule has 8 heteroatoms. The van der Waals surface area contributed by atoms with E-state index in [9.17, 15) is 9.59 Å². The summed E-state index contributed by atoms with van der Waals surface area (Å²) in [7, 11) is 0. The van der Waals surface area contributed by atoms with Crippen LogP contribution in [0, 0.1) is 6.92 Å². The molecule has 0 radical (unpaired) electrons. The van der Waals surface area contributed by atoms with Gasteiger partial charge in [0, 0.05) is 22.2 Å². The Morgan fingerprint density at radius 2 is 1.93 bits per heavy atom. The van der Waals surface area contributed by atoms with Gasteiger partial charge in [-0.05, 0) is 49.4 Å². The number of thiophene rings is 1. The van der Waals surface area contributed by atoms with E-state index in [2.05, 4.69) is 20.8 Å². The first-order chi connectivity index (χ1) is 13.6. The lowest BCUT2D eigenvalue weighted by molar-refractivity contribution is 0.0993. The molecule has 28 heavy (non-hydrogen) atoms. The Balaban J connectivity index is 1.45. The quantitative estimate of drug-likeness (QED) is 0.464. The number of hydrogen-bond donors (Lipinski definition) is 3. The Morgan fingerprint density at radius 3 is 2.68 bits per heavy atom. The van der Waals surface area contributed by atoms with E-state index in [1.807, 2.05) is 19.1 Å². The fourth-order valence-corrected chi connectivity index (χ4v) is 3.45. The van der Waals surface area contributed by atoms with Crippen LogP contribution in [-0.2, 0) is 0 Å². The molecule has 4 aromatic rings. The third kappa shape index (κ3) is 3.86. The van der Waals surface area contributed by atoms with E-state index in [0.717, 1.165) is 10.6 Å². The molecule has 7 nitrogen and oxygen atoms in total. The number of nitrogens with zero attached hydrogens (tertiary/aromatic N) is 1. The number of carbonyl (C=O) groups is 2. The predicted molar refractivity (Wildman–Crippen MR) is 108 cm³/mol. The molecule has 0 spiro atoms. The molecule has 0 unspecified atom stereocenters. The maximum atomic E-state index is 12.5. The smallest absolute Gasteiger partial charge is 0.291 e. The molecule has 3 heterocycles. The van der Waals surface area contributed by atoms with Crippen LogP contribution >= 0.6 is 11.3 Å². The number of aryl methyl sites for hydroxylation is 1. The van der Waals surface area contributed by atoms with Gasteiger partial charge in [0.15, 0.2) is 11.6 Å². The van der Waals surface area contributed by atoms with Crippen molar-refractivity contribution < 1.29 is 14.0 Å². The lowest BCUT2D eigenvalue weighted by Gasteiger charge is -2.06. The van der Waals surface area contributed by atoms with Gasteiger partial charge in [-0.1, -0.05) is 6.07 Å². The number of benzene rings is 1. The minimum Gasteiger partial charge on any atom is -0.459 e. The minimum atomic E-state index is -0.384. The number of rotatable bonds is 5. The maximum absolute atomic E-state index is 12.5. The number of furan rings is 1. The Morgan fingerprint density at radius 1 is 1.04 bits per heavy atom. The van der Waals surface area contributed by atoms with Gasteiger partial charge in [0.2, 0.25) is 0 Å². The van der Waals surface area contributed by atoms with E-state index in [0.29, 0.717) is 17.1 Å². The maximum Gasteiger partial charge on any atom is 0.291 e. The highest BCUT2D eigenvalue weighted by Gasteiger charge is 2.13. The second-order valence-corrected chi connectivity index (χ2v) is 7.33. The summed E-state index contributed by atoms with van der Waals surface area (Å²) in [4.78, 5) is 26.9. The number of aromatic nitrogens is 2. The molecule has 140 valence electrons. The molecule has 3 aromatic heterocycles. The molecule has 3 N–H and O–H groups in total. The van der Waals surface area contributed by atoms with E-state index in [4.69, 9.17) is 4.42 Å². The van der Waals surface area contributed by atoms with Gasteiger partial charge in [-0.2, -0.15) is 5.10 Å². The van der Waals surface area contributed by atoms with Crippen molar-refractivity contribution in [2.24, 2.45) is 0 Å². The molecule has 0 fully saturated rings. The highest BCUT2D eigenvalue weighted by atomic mass is 32.1. The fraction of sp³-hybridized carbons (Fsp3) is 0.0500. The van der Waals surface area contributed by atoms with Crippen LogP contribution in [0.3, 0.4) is 0 Å². The second-order valence-electron chi connectivity index (χ2n) is 6.04.